The Morgan fingerprint density at radius 1 is 1.26 bits per heavy atom. The monoisotopic (exact) mass is 255 g/mol. The second-order valence-corrected chi connectivity index (χ2v) is 4.96. The van der Waals surface area contributed by atoms with Gasteiger partial charge in [0.2, 0.25) is 5.91 Å². The molecular weight excluding hydrogens is 238 g/mol. The number of carbonyl (C=O) groups is 1. The van der Waals surface area contributed by atoms with Crippen molar-refractivity contribution in [1.82, 2.24) is 14.5 Å². The summed E-state index contributed by atoms with van der Waals surface area (Å²) in [5, 5.41) is 0. The lowest BCUT2D eigenvalue weighted by molar-refractivity contribution is -0.129. The second-order valence-electron chi connectivity index (χ2n) is 4.96. The summed E-state index contributed by atoms with van der Waals surface area (Å²) in [6, 6.07) is 10.4. The largest absolute Gasteiger partial charge is 0.335 e. The highest BCUT2D eigenvalue weighted by molar-refractivity contribution is 5.78. The summed E-state index contributed by atoms with van der Waals surface area (Å²) >= 11 is 0. The number of carbonyl (C=O) groups excluding carboxylic acids is 1. The number of nitrogens with zero attached hydrogens (tertiary/aromatic N) is 3. The average molecular weight is 255 g/mol. The molecule has 4 nitrogen and oxygen atoms in total. The van der Waals surface area contributed by atoms with E-state index in [1.807, 2.05) is 40.2 Å². The zero-order chi connectivity index (χ0) is 13.1. The van der Waals surface area contributed by atoms with Crippen LogP contribution in [0.1, 0.15) is 18.4 Å². The van der Waals surface area contributed by atoms with Crippen molar-refractivity contribution in [3.05, 3.63) is 54.6 Å². The van der Waals surface area contributed by atoms with Crippen LogP contribution < -0.4 is 0 Å². The fourth-order valence-electron chi connectivity index (χ4n) is 2.62. The number of hydrogen-bond acceptors (Lipinski definition) is 2. The molecule has 0 radical (unpaired) electrons. The van der Waals surface area contributed by atoms with Crippen LogP contribution in [0.2, 0.25) is 0 Å². The molecule has 0 N–H and O–H groups in total. The lowest BCUT2D eigenvalue weighted by Crippen LogP contribution is -2.35. The van der Waals surface area contributed by atoms with Gasteiger partial charge in [-0.1, -0.05) is 30.3 Å². The van der Waals surface area contributed by atoms with Crippen molar-refractivity contribution in [2.45, 2.75) is 32.0 Å². The predicted molar refractivity (Wildman–Crippen MR) is 72.2 cm³/mol. The fraction of sp³-hybridized carbons (Fsp3) is 0.333. The molecule has 0 bridgehead atoms. The van der Waals surface area contributed by atoms with Gasteiger partial charge in [0, 0.05) is 31.9 Å². The van der Waals surface area contributed by atoms with Gasteiger partial charge in [-0.25, -0.2) is 4.98 Å². The summed E-state index contributed by atoms with van der Waals surface area (Å²) in [4.78, 5) is 18.1. The van der Waals surface area contributed by atoms with Crippen LogP contribution in [0.4, 0.5) is 0 Å². The molecule has 2 heterocycles. The molecule has 19 heavy (non-hydrogen) atoms. The van der Waals surface area contributed by atoms with Crippen molar-refractivity contribution in [2.75, 3.05) is 0 Å². The number of benzene rings is 1. The molecular formula is C15H17N3O. The van der Waals surface area contributed by atoms with Crippen molar-refractivity contribution in [1.29, 1.82) is 0 Å². The number of likely N-dealkylation sites (tertiary alicyclic amines) is 1. The third kappa shape index (κ3) is 2.67. The van der Waals surface area contributed by atoms with Gasteiger partial charge in [-0.2, -0.15) is 0 Å². The van der Waals surface area contributed by atoms with Crippen molar-refractivity contribution < 1.29 is 4.79 Å². The van der Waals surface area contributed by atoms with Gasteiger partial charge >= 0.3 is 0 Å². The Labute approximate surface area is 112 Å². The van der Waals surface area contributed by atoms with Crippen molar-refractivity contribution in [3.63, 3.8) is 0 Å². The van der Waals surface area contributed by atoms with Gasteiger partial charge in [-0.15, -0.1) is 0 Å². The van der Waals surface area contributed by atoms with Gasteiger partial charge in [0.25, 0.3) is 0 Å². The quantitative estimate of drug-likeness (QED) is 0.839. The molecule has 2 aromatic rings. The summed E-state index contributed by atoms with van der Waals surface area (Å²) in [7, 11) is 0. The molecule has 1 aromatic carbocycles. The SMILES string of the molecule is O=C1CC[C@@H](Cn2ccnc2)N1Cc1ccccc1. The van der Waals surface area contributed by atoms with Gasteiger partial charge in [-0.05, 0) is 12.0 Å². The molecule has 3 rings (SSSR count). The maximum atomic E-state index is 12.0. The number of imidazole rings is 1. The van der Waals surface area contributed by atoms with Crippen LogP contribution in [0.15, 0.2) is 49.1 Å². The van der Waals surface area contributed by atoms with Gasteiger partial charge in [0.05, 0.1) is 12.4 Å². The Kier molecular flexibility index (Phi) is 3.31. The number of amides is 1. The molecule has 1 fully saturated rings. The number of hydrogen-bond donors (Lipinski definition) is 0. The van der Waals surface area contributed by atoms with Crippen LogP contribution >= 0.6 is 0 Å². The van der Waals surface area contributed by atoms with Crippen molar-refractivity contribution >= 4 is 5.91 Å². The first-order valence-electron chi connectivity index (χ1n) is 6.62. The highest BCUT2D eigenvalue weighted by Crippen LogP contribution is 2.22. The van der Waals surface area contributed by atoms with Crippen LogP contribution in [0.3, 0.4) is 0 Å². The van der Waals surface area contributed by atoms with E-state index in [1.54, 1.807) is 6.20 Å². The number of aromatic nitrogens is 2. The van der Waals surface area contributed by atoms with E-state index in [0.29, 0.717) is 13.0 Å². The van der Waals surface area contributed by atoms with E-state index in [4.69, 9.17) is 0 Å². The average Bonchev–Trinajstić information content (AvgIpc) is 3.05. The van der Waals surface area contributed by atoms with E-state index in [9.17, 15) is 4.79 Å². The van der Waals surface area contributed by atoms with Gasteiger partial charge in [0.1, 0.15) is 0 Å². The van der Waals surface area contributed by atoms with Gasteiger partial charge < -0.3 is 9.47 Å². The summed E-state index contributed by atoms with van der Waals surface area (Å²) in [5.41, 5.74) is 1.19. The molecule has 1 saturated heterocycles. The molecule has 98 valence electrons. The Morgan fingerprint density at radius 3 is 2.84 bits per heavy atom. The maximum absolute atomic E-state index is 12.0. The summed E-state index contributed by atoms with van der Waals surface area (Å²) in [6.07, 6.45) is 7.13. The topological polar surface area (TPSA) is 38.1 Å². The predicted octanol–water partition coefficient (Wildman–Crippen LogP) is 2.07. The fourth-order valence-corrected chi connectivity index (χ4v) is 2.62. The Morgan fingerprint density at radius 2 is 2.11 bits per heavy atom. The lowest BCUT2D eigenvalue weighted by atomic mass is 10.2. The van der Waals surface area contributed by atoms with E-state index in [2.05, 4.69) is 17.1 Å². The summed E-state index contributed by atoms with van der Waals surface area (Å²) < 4.78 is 2.04. The van der Waals surface area contributed by atoms with Crippen molar-refractivity contribution in [2.24, 2.45) is 0 Å². The van der Waals surface area contributed by atoms with Crippen molar-refractivity contribution in [3.8, 4) is 0 Å². The minimum absolute atomic E-state index is 0.258. The second kappa shape index (κ2) is 5.26. The third-order valence-corrected chi connectivity index (χ3v) is 3.63. The minimum atomic E-state index is 0.258. The van der Waals surface area contributed by atoms with Gasteiger partial charge in [0.15, 0.2) is 0 Å². The van der Waals surface area contributed by atoms with E-state index < -0.39 is 0 Å². The molecule has 0 saturated carbocycles. The van der Waals surface area contributed by atoms with Crippen LogP contribution in [-0.2, 0) is 17.9 Å². The van der Waals surface area contributed by atoms with Gasteiger partial charge in [-0.3, -0.25) is 4.79 Å². The lowest BCUT2D eigenvalue weighted by Gasteiger charge is -2.25. The molecule has 1 aromatic heterocycles. The Bertz CT molecular complexity index is 536. The molecule has 1 aliphatic rings. The third-order valence-electron chi connectivity index (χ3n) is 3.63. The Balaban J connectivity index is 1.72. The normalized spacial score (nSPS) is 19.1. The molecule has 0 unspecified atom stereocenters. The van der Waals surface area contributed by atoms with Crippen LogP contribution in [0, 0.1) is 0 Å². The zero-order valence-corrected chi connectivity index (χ0v) is 10.8. The smallest absolute Gasteiger partial charge is 0.223 e. The van der Waals surface area contributed by atoms with E-state index in [-0.39, 0.29) is 11.9 Å². The molecule has 1 atom stereocenters. The molecule has 0 aliphatic carbocycles. The number of rotatable bonds is 4. The Hall–Kier alpha value is -2.10. The van der Waals surface area contributed by atoms with Crippen LogP contribution in [0.5, 0.6) is 0 Å². The van der Waals surface area contributed by atoms with E-state index >= 15 is 0 Å². The van der Waals surface area contributed by atoms with E-state index in [0.717, 1.165) is 13.0 Å². The zero-order valence-electron chi connectivity index (χ0n) is 10.8. The highest BCUT2D eigenvalue weighted by Gasteiger charge is 2.30. The highest BCUT2D eigenvalue weighted by atomic mass is 16.2. The molecule has 1 amide bonds. The first-order valence-corrected chi connectivity index (χ1v) is 6.62. The van der Waals surface area contributed by atoms with Crippen LogP contribution in [-0.4, -0.2) is 26.4 Å². The van der Waals surface area contributed by atoms with Crippen LogP contribution in [0.25, 0.3) is 0 Å². The first-order chi connectivity index (χ1) is 9.33. The van der Waals surface area contributed by atoms with E-state index in [1.165, 1.54) is 5.56 Å². The summed E-state index contributed by atoms with van der Waals surface area (Å²) in [5.74, 6) is 0.258. The maximum Gasteiger partial charge on any atom is 0.223 e. The minimum Gasteiger partial charge on any atom is -0.335 e. The summed E-state index contributed by atoms with van der Waals surface area (Å²) in [6.45, 7) is 1.54. The standard InChI is InChI=1S/C15H17N3O/c19-15-7-6-14(11-17-9-8-16-12-17)18(15)10-13-4-2-1-3-5-13/h1-5,8-9,12,14H,6-7,10-11H2/t14-/m0/s1. The first kappa shape index (κ1) is 12.0. The molecule has 0 spiro atoms. The molecule has 4 heteroatoms. The molecule has 1 aliphatic heterocycles.